The number of ether oxygens (including phenoxy) is 1. The van der Waals surface area contributed by atoms with Crippen LogP contribution in [-0.2, 0) is 4.74 Å². The highest BCUT2D eigenvalue weighted by Gasteiger charge is 2.21. The van der Waals surface area contributed by atoms with E-state index >= 15 is 0 Å². The number of hydrogen-bond acceptors (Lipinski definition) is 3. The SMILES string of the molecule is CC(C)N(C(=O)OC#CC(O)c1ccccc1)C(C)C. The molecule has 20 heavy (non-hydrogen) atoms. The second-order valence-corrected chi connectivity index (χ2v) is 5.02. The minimum absolute atomic E-state index is 0.0309. The molecule has 0 heterocycles. The summed E-state index contributed by atoms with van der Waals surface area (Å²) in [7, 11) is 0. The maximum atomic E-state index is 11.9. The van der Waals surface area contributed by atoms with E-state index in [1.54, 1.807) is 17.0 Å². The van der Waals surface area contributed by atoms with Crippen molar-refractivity contribution in [2.75, 3.05) is 0 Å². The molecule has 0 aliphatic heterocycles. The predicted molar refractivity (Wildman–Crippen MR) is 77.8 cm³/mol. The quantitative estimate of drug-likeness (QED) is 0.863. The Kier molecular flexibility index (Phi) is 6.08. The number of rotatable bonds is 3. The summed E-state index contributed by atoms with van der Waals surface area (Å²) in [5.74, 6) is 2.50. The minimum Gasteiger partial charge on any atom is -0.376 e. The predicted octanol–water partition coefficient (Wildman–Crippen LogP) is 2.94. The number of nitrogens with zero attached hydrogens (tertiary/aromatic N) is 1. The molecule has 0 spiro atoms. The van der Waals surface area contributed by atoms with E-state index in [1.165, 1.54) is 0 Å². The number of aliphatic hydroxyl groups is 1. The normalized spacial score (nSPS) is 11.8. The molecule has 1 aromatic rings. The molecular weight excluding hydrogens is 254 g/mol. The first-order chi connectivity index (χ1) is 9.43. The van der Waals surface area contributed by atoms with E-state index < -0.39 is 12.2 Å². The largest absolute Gasteiger partial charge is 0.424 e. The van der Waals surface area contributed by atoms with Gasteiger partial charge in [0.15, 0.2) is 0 Å². The van der Waals surface area contributed by atoms with Gasteiger partial charge in [0, 0.05) is 12.1 Å². The second kappa shape index (κ2) is 7.56. The molecule has 1 aromatic carbocycles. The van der Waals surface area contributed by atoms with E-state index in [2.05, 4.69) is 12.0 Å². The van der Waals surface area contributed by atoms with E-state index in [0.29, 0.717) is 5.56 Å². The summed E-state index contributed by atoms with van der Waals surface area (Å²) in [5, 5.41) is 9.81. The summed E-state index contributed by atoms with van der Waals surface area (Å²) >= 11 is 0. The van der Waals surface area contributed by atoms with Crippen LogP contribution in [0.25, 0.3) is 0 Å². The lowest BCUT2D eigenvalue weighted by Crippen LogP contribution is -2.41. The van der Waals surface area contributed by atoms with E-state index in [1.807, 2.05) is 45.9 Å². The lowest BCUT2D eigenvalue weighted by Gasteiger charge is -2.28. The molecule has 108 valence electrons. The fourth-order valence-electron chi connectivity index (χ4n) is 1.92. The molecule has 0 saturated carbocycles. The number of aliphatic hydroxyl groups excluding tert-OH is 1. The third kappa shape index (κ3) is 4.60. The van der Waals surface area contributed by atoms with E-state index in [9.17, 15) is 9.90 Å². The Hall–Kier alpha value is -1.99. The van der Waals surface area contributed by atoms with E-state index in [-0.39, 0.29) is 12.1 Å². The van der Waals surface area contributed by atoms with Gasteiger partial charge in [0.25, 0.3) is 0 Å². The molecule has 1 unspecified atom stereocenters. The monoisotopic (exact) mass is 275 g/mol. The molecule has 1 atom stereocenters. The average molecular weight is 275 g/mol. The standard InChI is InChI=1S/C16H21NO3/c1-12(2)17(13(3)4)16(19)20-11-10-15(18)14-8-6-5-7-9-14/h5-9,12-13,15,18H,1-4H3. The average Bonchev–Trinajstić information content (AvgIpc) is 2.38. The molecule has 0 aromatic heterocycles. The lowest BCUT2D eigenvalue weighted by molar-refractivity contribution is 0.114. The Morgan fingerprint density at radius 1 is 1.15 bits per heavy atom. The summed E-state index contributed by atoms with van der Waals surface area (Å²) in [6, 6.07) is 9.06. The van der Waals surface area contributed by atoms with Gasteiger partial charge in [-0.2, -0.15) is 0 Å². The van der Waals surface area contributed by atoms with Crippen molar-refractivity contribution in [3.8, 4) is 12.0 Å². The van der Waals surface area contributed by atoms with Gasteiger partial charge in [-0.3, -0.25) is 0 Å². The maximum absolute atomic E-state index is 11.9. The minimum atomic E-state index is -0.962. The highest BCUT2D eigenvalue weighted by atomic mass is 16.5. The smallest absolute Gasteiger partial charge is 0.376 e. The molecule has 1 N–H and O–H groups in total. The molecule has 0 radical (unpaired) electrons. The van der Waals surface area contributed by atoms with Gasteiger partial charge in [0.2, 0.25) is 0 Å². The van der Waals surface area contributed by atoms with Gasteiger partial charge in [-0.05, 0) is 39.2 Å². The number of carbonyl (C=O) groups excluding carboxylic acids is 1. The third-order valence-corrected chi connectivity index (χ3v) is 2.77. The van der Waals surface area contributed by atoms with Crippen molar-refractivity contribution in [1.29, 1.82) is 0 Å². The van der Waals surface area contributed by atoms with Gasteiger partial charge in [-0.1, -0.05) is 30.3 Å². The van der Waals surface area contributed by atoms with Crippen LogP contribution in [0.3, 0.4) is 0 Å². The Morgan fingerprint density at radius 3 is 2.20 bits per heavy atom. The van der Waals surface area contributed by atoms with Crippen LogP contribution >= 0.6 is 0 Å². The number of amides is 1. The van der Waals surface area contributed by atoms with Crippen LogP contribution in [-0.4, -0.2) is 28.2 Å². The van der Waals surface area contributed by atoms with Crippen LogP contribution in [0.5, 0.6) is 0 Å². The number of carbonyl (C=O) groups is 1. The van der Waals surface area contributed by atoms with Crippen LogP contribution < -0.4 is 0 Å². The topological polar surface area (TPSA) is 49.8 Å². The molecule has 0 bridgehead atoms. The molecule has 0 fully saturated rings. The fourth-order valence-corrected chi connectivity index (χ4v) is 1.92. The first-order valence-electron chi connectivity index (χ1n) is 6.66. The first kappa shape index (κ1) is 16.1. The van der Waals surface area contributed by atoms with Gasteiger partial charge < -0.3 is 14.7 Å². The van der Waals surface area contributed by atoms with Gasteiger partial charge >= 0.3 is 6.09 Å². The highest BCUT2D eigenvalue weighted by molar-refractivity contribution is 5.69. The Labute approximate surface area is 120 Å². The third-order valence-electron chi connectivity index (χ3n) is 2.77. The summed E-state index contributed by atoms with van der Waals surface area (Å²) in [4.78, 5) is 13.5. The fraction of sp³-hybridized carbons (Fsp3) is 0.438. The van der Waals surface area contributed by atoms with Crippen LogP contribution in [0.2, 0.25) is 0 Å². The zero-order valence-electron chi connectivity index (χ0n) is 12.3. The zero-order chi connectivity index (χ0) is 15.1. The van der Waals surface area contributed by atoms with E-state index in [0.717, 1.165) is 0 Å². The molecule has 4 nitrogen and oxygen atoms in total. The Morgan fingerprint density at radius 2 is 1.70 bits per heavy atom. The van der Waals surface area contributed by atoms with Gasteiger partial charge in [-0.25, -0.2) is 4.79 Å². The summed E-state index contributed by atoms with van der Waals surface area (Å²) in [5.41, 5.74) is 0.667. The highest BCUT2D eigenvalue weighted by Crippen LogP contribution is 2.11. The molecule has 0 saturated heterocycles. The van der Waals surface area contributed by atoms with Crippen molar-refractivity contribution in [3.63, 3.8) is 0 Å². The summed E-state index contributed by atoms with van der Waals surface area (Å²) in [6.07, 6.45) is 0.823. The van der Waals surface area contributed by atoms with Gasteiger partial charge in [0.1, 0.15) is 12.2 Å². The molecule has 4 heteroatoms. The first-order valence-corrected chi connectivity index (χ1v) is 6.66. The van der Waals surface area contributed by atoms with Crippen molar-refractivity contribution in [2.24, 2.45) is 0 Å². The van der Waals surface area contributed by atoms with Crippen LogP contribution in [0.15, 0.2) is 30.3 Å². The Bertz CT molecular complexity index is 477. The van der Waals surface area contributed by atoms with Crippen molar-refractivity contribution >= 4 is 6.09 Å². The summed E-state index contributed by atoms with van der Waals surface area (Å²) in [6.45, 7) is 7.64. The van der Waals surface area contributed by atoms with E-state index in [4.69, 9.17) is 4.74 Å². The van der Waals surface area contributed by atoms with Crippen LogP contribution in [0.1, 0.15) is 39.4 Å². The molecule has 0 aliphatic carbocycles. The molecular formula is C16H21NO3. The van der Waals surface area contributed by atoms with Crippen LogP contribution in [0.4, 0.5) is 4.79 Å². The van der Waals surface area contributed by atoms with Crippen molar-refractivity contribution in [1.82, 2.24) is 4.90 Å². The zero-order valence-corrected chi connectivity index (χ0v) is 12.3. The second-order valence-electron chi connectivity index (χ2n) is 5.02. The molecule has 1 rings (SSSR count). The molecule has 0 aliphatic rings. The lowest BCUT2D eigenvalue weighted by atomic mass is 10.1. The van der Waals surface area contributed by atoms with Crippen molar-refractivity contribution in [2.45, 2.75) is 45.9 Å². The molecule has 1 amide bonds. The van der Waals surface area contributed by atoms with Gasteiger partial charge in [-0.15, -0.1) is 0 Å². The van der Waals surface area contributed by atoms with Crippen molar-refractivity contribution < 1.29 is 14.6 Å². The van der Waals surface area contributed by atoms with Crippen LogP contribution in [0, 0.1) is 12.0 Å². The van der Waals surface area contributed by atoms with Gasteiger partial charge in [0.05, 0.1) is 0 Å². The number of benzene rings is 1. The van der Waals surface area contributed by atoms with Crippen molar-refractivity contribution in [3.05, 3.63) is 35.9 Å². The summed E-state index contributed by atoms with van der Waals surface area (Å²) < 4.78 is 4.88. The maximum Gasteiger partial charge on any atom is 0.424 e. The number of hydrogen-bond donors (Lipinski definition) is 1. The Balaban J connectivity index is 2.63.